The summed E-state index contributed by atoms with van der Waals surface area (Å²) in [5.74, 6) is 0.871. The van der Waals surface area contributed by atoms with Gasteiger partial charge >= 0.3 is 0 Å². The van der Waals surface area contributed by atoms with Crippen molar-refractivity contribution in [1.29, 1.82) is 0 Å². The van der Waals surface area contributed by atoms with Gasteiger partial charge in [0.15, 0.2) is 0 Å². The SMILES string of the molecule is C=C(C)CSc1nnnn1CCNC1CC1. The molecule has 0 aromatic carbocycles. The molecule has 1 saturated carbocycles. The maximum Gasteiger partial charge on any atom is 0.209 e. The summed E-state index contributed by atoms with van der Waals surface area (Å²) in [6.45, 7) is 7.65. The molecule has 1 fully saturated rings. The van der Waals surface area contributed by atoms with Gasteiger partial charge in [-0.05, 0) is 30.2 Å². The molecule has 1 aliphatic rings. The second kappa shape index (κ2) is 5.45. The smallest absolute Gasteiger partial charge is 0.209 e. The van der Waals surface area contributed by atoms with Gasteiger partial charge in [-0.25, -0.2) is 4.68 Å². The highest BCUT2D eigenvalue weighted by Gasteiger charge is 2.19. The predicted octanol–water partition coefficient (Wildman–Crippen LogP) is 1.09. The summed E-state index contributed by atoms with van der Waals surface area (Å²) in [6.07, 6.45) is 2.62. The van der Waals surface area contributed by atoms with Gasteiger partial charge in [-0.3, -0.25) is 0 Å². The summed E-state index contributed by atoms with van der Waals surface area (Å²) in [7, 11) is 0. The van der Waals surface area contributed by atoms with Gasteiger partial charge < -0.3 is 5.32 Å². The molecule has 5 nitrogen and oxygen atoms in total. The molecule has 1 aromatic heterocycles. The number of aromatic nitrogens is 4. The summed E-state index contributed by atoms with van der Waals surface area (Å²) in [5.41, 5.74) is 1.13. The van der Waals surface area contributed by atoms with Crippen LogP contribution in [0.5, 0.6) is 0 Å². The van der Waals surface area contributed by atoms with E-state index in [0.29, 0.717) is 0 Å². The van der Waals surface area contributed by atoms with Crippen molar-refractivity contribution >= 4 is 11.8 Å². The first-order valence-electron chi connectivity index (χ1n) is 5.52. The predicted molar refractivity (Wildman–Crippen MR) is 64.4 cm³/mol. The number of nitrogens with one attached hydrogen (secondary N) is 1. The average Bonchev–Trinajstić information content (AvgIpc) is 2.95. The van der Waals surface area contributed by atoms with E-state index in [1.54, 1.807) is 11.8 Å². The van der Waals surface area contributed by atoms with Crippen molar-refractivity contribution in [2.75, 3.05) is 12.3 Å². The molecule has 0 unspecified atom stereocenters. The monoisotopic (exact) mass is 239 g/mol. The third-order valence-corrected chi connectivity index (χ3v) is 3.47. The Morgan fingerprint density at radius 1 is 1.62 bits per heavy atom. The Kier molecular flexibility index (Phi) is 3.95. The molecule has 0 spiro atoms. The van der Waals surface area contributed by atoms with Crippen LogP contribution in [0.2, 0.25) is 0 Å². The molecule has 16 heavy (non-hydrogen) atoms. The van der Waals surface area contributed by atoms with Gasteiger partial charge in [-0.2, -0.15) is 0 Å². The molecule has 1 aliphatic carbocycles. The minimum Gasteiger partial charge on any atom is -0.312 e. The fourth-order valence-corrected chi connectivity index (χ4v) is 2.04. The molecule has 0 aliphatic heterocycles. The van der Waals surface area contributed by atoms with E-state index < -0.39 is 0 Å². The number of hydrogen-bond donors (Lipinski definition) is 1. The fourth-order valence-electron chi connectivity index (χ4n) is 1.29. The largest absolute Gasteiger partial charge is 0.312 e. The van der Waals surface area contributed by atoms with Crippen molar-refractivity contribution in [3.05, 3.63) is 12.2 Å². The maximum absolute atomic E-state index is 4.00. The maximum atomic E-state index is 4.00. The second-order valence-electron chi connectivity index (χ2n) is 4.16. The van der Waals surface area contributed by atoms with Crippen LogP contribution in [-0.4, -0.2) is 38.5 Å². The van der Waals surface area contributed by atoms with Crippen LogP contribution in [0, 0.1) is 0 Å². The molecule has 1 aromatic rings. The van der Waals surface area contributed by atoms with Crippen LogP contribution >= 0.6 is 11.8 Å². The molecule has 0 amide bonds. The first-order chi connectivity index (χ1) is 7.75. The van der Waals surface area contributed by atoms with Gasteiger partial charge in [0.2, 0.25) is 5.16 Å². The first-order valence-corrected chi connectivity index (χ1v) is 6.51. The van der Waals surface area contributed by atoms with Gasteiger partial charge in [0.05, 0.1) is 6.54 Å². The number of thioether (sulfide) groups is 1. The molecule has 6 heteroatoms. The lowest BCUT2D eigenvalue weighted by atomic mass is 10.4. The highest BCUT2D eigenvalue weighted by atomic mass is 32.2. The average molecular weight is 239 g/mol. The van der Waals surface area contributed by atoms with Crippen molar-refractivity contribution in [2.45, 2.75) is 37.5 Å². The van der Waals surface area contributed by atoms with E-state index in [1.165, 1.54) is 12.8 Å². The van der Waals surface area contributed by atoms with Crippen molar-refractivity contribution < 1.29 is 0 Å². The van der Waals surface area contributed by atoms with Crippen LogP contribution < -0.4 is 5.32 Å². The third kappa shape index (κ3) is 3.61. The van der Waals surface area contributed by atoms with E-state index in [0.717, 1.165) is 35.6 Å². The first kappa shape index (κ1) is 11.6. The van der Waals surface area contributed by atoms with Crippen molar-refractivity contribution in [3.63, 3.8) is 0 Å². The molecule has 1 N–H and O–H groups in total. The summed E-state index contributed by atoms with van der Waals surface area (Å²) in [6, 6.07) is 0.739. The van der Waals surface area contributed by atoms with Crippen LogP contribution in [0.15, 0.2) is 17.3 Å². The lowest BCUT2D eigenvalue weighted by molar-refractivity contribution is 0.510. The van der Waals surface area contributed by atoms with Crippen LogP contribution in [0.4, 0.5) is 0 Å². The number of nitrogens with zero attached hydrogens (tertiary/aromatic N) is 4. The zero-order valence-electron chi connectivity index (χ0n) is 9.52. The van der Waals surface area contributed by atoms with Crippen LogP contribution in [0.1, 0.15) is 19.8 Å². The van der Waals surface area contributed by atoms with Gasteiger partial charge in [-0.15, -0.1) is 5.10 Å². The minimum absolute atomic E-state index is 0.739. The molecule has 88 valence electrons. The third-order valence-electron chi connectivity index (χ3n) is 2.28. The Bertz CT molecular complexity index is 358. The lowest BCUT2D eigenvalue weighted by Crippen LogP contribution is -2.22. The van der Waals surface area contributed by atoms with Gasteiger partial charge in [-0.1, -0.05) is 23.9 Å². The molecular weight excluding hydrogens is 222 g/mol. The Balaban J connectivity index is 1.77. The quantitative estimate of drug-likeness (QED) is 0.570. The lowest BCUT2D eigenvalue weighted by Gasteiger charge is -2.04. The number of hydrogen-bond acceptors (Lipinski definition) is 5. The van der Waals surface area contributed by atoms with E-state index in [1.807, 2.05) is 11.6 Å². The van der Waals surface area contributed by atoms with E-state index in [9.17, 15) is 0 Å². The second-order valence-corrected chi connectivity index (χ2v) is 5.10. The molecule has 0 radical (unpaired) electrons. The zero-order chi connectivity index (χ0) is 11.4. The van der Waals surface area contributed by atoms with Crippen molar-refractivity contribution in [2.24, 2.45) is 0 Å². The standard InChI is InChI=1S/C10H17N5S/c1-8(2)7-16-10-12-13-14-15(10)6-5-11-9-3-4-9/h9,11H,1,3-7H2,2H3. The van der Waals surface area contributed by atoms with Crippen molar-refractivity contribution in [3.8, 4) is 0 Å². The van der Waals surface area contributed by atoms with Crippen molar-refractivity contribution in [1.82, 2.24) is 25.5 Å². The molecule has 0 atom stereocenters. The Morgan fingerprint density at radius 3 is 3.12 bits per heavy atom. The van der Waals surface area contributed by atoms with E-state index in [2.05, 4.69) is 27.4 Å². The number of rotatable bonds is 7. The highest BCUT2D eigenvalue weighted by Crippen LogP contribution is 2.18. The fraction of sp³-hybridized carbons (Fsp3) is 0.700. The number of tetrazole rings is 1. The summed E-state index contributed by atoms with van der Waals surface area (Å²) < 4.78 is 1.85. The molecular formula is C10H17N5S. The molecule has 0 bridgehead atoms. The Hall–Kier alpha value is -0.880. The normalized spacial score (nSPS) is 15.3. The van der Waals surface area contributed by atoms with E-state index in [-0.39, 0.29) is 0 Å². The Morgan fingerprint density at radius 2 is 2.44 bits per heavy atom. The van der Waals surface area contributed by atoms with E-state index in [4.69, 9.17) is 0 Å². The minimum atomic E-state index is 0.739. The Labute approximate surface area is 99.7 Å². The van der Waals surface area contributed by atoms with E-state index >= 15 is 0 Å². The van der Waals surface area contributed by atoms with Crippen LogP contribution in [0.3, 0.4) is 0 Å². The molecule has 0 saturated heterocycles. The highest BCUT2D eigenvalue weighted by molar-refractivity contribution is 7.99. The van der Waals surface area contributed by atoms with Gasteiger partial charge in [0.25, 0.3) is 0 Å². The molecule has 2 rings (SSSR count). The van der Waals surface area contributed by atoms with Crippen LogP contribution in [0.25, 0.3) is 0 Å². The summed E-state index contributed by atoms with van der Waals surface area (Å²) in [5, 5.41) is 16.0. The van der Waals surface area contributed by atoms with Crippen LogP contribution in [-0.2, 0) is 6.54 Å². The molecule has 1 heterocycles. The van der Waals surface area contributed by atoms with Gasteiger partial charge in [0, 0.05) is 18.3 Å². The summed E-state index contributed by atoms with van der Waals surface area (Å²) >= 11 is 1.64. The topological polar surface area (TPSA) is 55.6 Å². The summed E-state index contributed by atoms with van der Waals surface area (Å²) in [4.78, 5) is 0. The van der Waals surface area contributed by atoms with Gasteiger partial charge in [0.1, 0.15) is 0 Å². The zero-order valence-corrected chi connectivity index (χ0v) is 10.3.